The maximum atomic E-state index is 12.8. The molecule has 0 aromatic heterocycles. The van der Waals surface area contributed by atoms with Gasteiger partial charge in [0.05, 0.1) is 19.6 Å². The first-order valence-corrected chi connectivity index (χ1v) is 17.8. The minimum absolute atomic E-state index is 0.0518. The third-order valence-corrected chi connectivity index (χ3v) is 11.9. The Morgan fingerprint density at radius 2 is 1.13 bits per heavy atom. The molecule has 0 spiro atoms. The van der Waals surface area contributed by atoms with Crippen LogP contribution in [0, 0.1) is 20.2 Å². The molecule has 0 aliphatic carbocycles. The maximum absolute atomic E-state index is 12.8. The molecule has 254 valence electrons. The quantitative estimate of drug-likeness (QED) is 0.254. The van der Waals surface area contributed by atoms with Crippen LogP contribution >= 0.6 is 11.6 Å². The Hall–Kier alpha value is -3.71. The summed E-state index contributed by atoms with van der Waals surface area (Å²) in [6.07, 6.45) is 0. The van der Waals surface area contributed by atoms with Crippen molar-refractivity contribution >= 4 is 48.7 Å². The van der Waals surface area contributed by atoms with E-state index < -0.39 is 35.6 Å². The molecule has 0 amide bonds. The van der Waals surface area contributed by atoms with Gasteiger partial charge >= 0.3 is 0 Å². The highest BCUT2D eigenvalue weighted by molar-refractivity contribution is 7.89. The molecule has 2 saturated heterocycles. The minimum Gasteiger partial charge on any atom is -0.375 e. The van der Waals surface area contributed by atoms with Crippen molar-refractivity contribution in [2.45, 2.75) is 16.3 Å². The van der Waals surface area contributed by atoms with Gasteiger partial charge in [-0.3, -0.25) is 20.2 Å². The van der Waals surface area contributed by atoms with Crippen LogP contribution in [-0.4, -0.2) is 112 Å². The third kappa shape index (κ3) is 9.01. The van der Waals surface area contributed by atoms with Crippen LogP contribution in [0.1, 0.15) is 5.56 Å². The zero-order valence-electron chi connectivity index (χ0n) is 25.9. The van der Waals surface area contributed by atoms with Gasteiger partial charge in [0.25, 0.3) is 11.4 Å². The monoisotopic (exact) mass is 709 g/mol. The van der Waals surface area contributed by atoms with Crippen LogP contribution in [0.15, 0.2) is 76.5 Å². The number of piperazine rings is 2. The first kappa shape index (κ1) is 36.1. The average Bonchev–Trinajstić information content (AvgIpc) is 3.05. The number of nitrogens with zero attached hydrogens (tertiary/aromatic N) is 6. The molecule has 2 aliphatic heterocycles. The number of nitro groups is 2. The van der Waals surface area contributed by atoms with Gasteiger partial charge in [-0.1, -0.05) is 41.9 Å². The smallest absolute Gasteiger partial charge is 0.293 e. The number of halogens is 1. The van der Waals surface area contributed by atoms with Gasteiger partial charge in [-0.25, -0.2) is 16.8 Å². The lowest BCUT2D eigenvalue weighted by atomic mass is 10.2. The molecular formula is C29H36ClN7O8S2. The van der Waals surface area contributed by atoms with Crippen molar-refractivity contribution < 1.29 is 26.7 Å². The van der Waals surface area contributed by atoms with E-state index in [0.717, 1.165) is 17.7 Å². The van der Waals surface area contributed by atoms with Gasteiger partial charge in [-0.05, 0) is 43.9 Å². The first-order valence-electron chi connectivity index (χ1n) is 14.6. The summed E-state index contributed by atoms with van der Waals surface area (Å²) in [4.78, 5) is 25.0. The third-order valence-electron chi connectivity index (χ3n) is 7.81. The summed E-state index contributed by atoms with van der Waals surface area (Å²) in [6.45, 7) is 4.44. The van der Waals surface area contributed by atoms with E-state index in [1.54, 1.807) is 0 Å². The minimum atomic E-state index is -3.75. The molecular weight excluding hydrogens is 674 g/mol. The number of nitrogens with one attached hydrogen (secondary N) is 1. The summed E-state index contributed by atoms with van der Waals surface area (Å²) in [5, 5.41) is 25.2. The SMILES string of the molecule is CN1CCN(S(=O)(=O)c2ccc(Cl)c([N+](=O)[O-])c2)CC1.CN1CCN(S(=O)(=O)c2ccc(NCc3ccccc3)c([N+](=O)[O-])c2)CC1. The van der Waals surface area contributed by atoms with E-state index in [0.29, 0.717) is 64.6 Å². The van der Waals surface area contributed by atoms with Gasteiger partial charge in [0.15, 0.2) is 0 Å². The molecule has 0 atom stereocenters. The van der Waals surface area contributed by atoms with E-state index in [2.05, 4.69) is 5.32 Å². The predicted molar refractivity (Wildman–Crippen MR) is 177 cm³/mol. The second-order valence-electron chi connectivity index (χ2n) is 11.1. The highest BCUT2D eigenvalue weighted by Crippen LogP contribution is 2.30. The van der Waals surface area contributed by atoms with Crippen molar-refractivity contribution in [3.63, 3.8) is 0 Å². The fourth-order valence-electron chi connectivity index (χ4n) is 4.91. The summed E-state index contributed by atoms with van der Waals surface area (Å²) >= 11 is 5.69. The summed E-state index contributed by atoms with van der Waals surface area (Å²) in [6, 6.07) is 17.1. The molecule has 1 N–H and O–H groups in total. The van der Waals surface area contributed by atoms with Crippen LogP contribution < -0.4 is 5.32 Å². The molecule has 0 bridgehead atoms. The van der Waals surface area contributed by atoms with E-state index in [1.807, 2.05) is 54.2 Å². The normalized spacial score (nSPS) is 17.0. The Balaban J connectivity index is 0.000000223. The summed E-state index contributed by atoms with van der Waals surface area (Å²) in [5.41, 5.74) is 0.616. The molecule has 2 aliphatic rings. The number of sulfonamides is 2. The molecule has 18 heteroatoms. The Labute approximate surface area is 278 Å². The van der Waals surface area contributed by atoms with Crippen molar-refractivity contribution in [1.29, 1.82) is 0 Å². The summed E-state index contributed by atoms with van der Waals surface area (Å²) < 4.78 is 53.2. The van der Waals surface area contributed by atoms with Gasteiger partial charge in [-0.2, -0.15) is 8.61 Å². The fraction of sp³-hybridized carbons (Fsp3) is 0.379. The topological polar surface area (TPSA) is 180 Å². The van der Waals surface area contributed by atoms with E-state index in [9.17, 15) is 37.1 Å². The largest absolute Gasteiger partial charge is 0.375 e. The van der Waals surface area contributed by atoms with E-state index in [1.165, 1.54) is 32.9 Å². The maximum Gasteiger partial charge on any atom is 0.293 e. The predicted octanol–water partition coefficient (Wildman–Crippen LogP) is 3.33. The number of anilines is 1. The van der Waals surface area contributed by atoms with Gasteiger partial charge < -0.3 is 15.1 Å². The van der Waals surface area contributed by atoms with Crippen LogP contribution in [0.4, 0.5) is 17.1 Å². The highest BCUT2D eigenvalue weighted by atomic mass is 35.5. The average molecular weight is 710 g/mol. The van der Waals surface area contributed by atoms with Crippen molar-refractivity contribution in [3.05, 3.63) is 97.5 Å². The van der Waals surface area contributed by atoms with Crippen LogP contribution in [0.5, 0.6) is 0 Å². The Bertz CT molecular complexity index is 1800. The molecule has 0 unspecified atom stereocenters. The highest BCUT2D eigenvalue weighted by Gasteiger charge is 2.31. The lowest BCUT2D eigenvalue weighted by molar-refractivity contribution is -0.384. The lowest BCUT2D eigenvalue weighted by Crippen LogP contribution is -2.47. The summed E-state index contributed by atoms with van der Waals surface area (Å²) in [5.74, 6) is 0. The standard InChI is InChI=1S/C18H22N4O4S.C11H14ClN3O4S/c1-20-9-11-21(12-10-20)27(25,26)16-7-8-17(18(13-16)22(23)24)19-14-15-5-3-2-4-6-15;1-13-4-6-14(7-5-13)20(18,19)9-2-3-10(12)11(8-9)15(16)17/h2-8,13,19H,9-12,14H2,1H3;2-3,8H,4-7H2,1H3. The van der Waals surface area contributed by atoms with Gasteiger partial charge in [-0.15, -0.1) is 0 Å². The number of hydrogen-bond acceptors (Lipinski definition) is 11. The molecule has 47 heavy (non-hydrogen) atoms. The van der Waals surface area contributed by atoms with E-state index in [-0.39, 0.29) is 20.5 Å². The molecule has 3 aromatic rings. The number of likely N-dealkylation sites (N-methyl/N-ethyl adjacent to an activating group) is 2. The molecule has 3 aromatic carbocycles. The van der Waals surface area contributed by atoms with Crippen LogP contribution in [0.3, 0.4) is 0 Å². The Morgan fingerprint density at radius 1 is 0.681 bits per heavy atom. The number of rotatable bonds is 9. The summed E-state index contributed by atoms with van der Waals surface area (Å²) in [7, 11) is -3.62. The zero-order chi connectivity index (χ0) is 34.4. The van der Waals surface area contributed by atoms with Gasteiger partial charge in [0.1, 0.15) is 10.7 Å². The lowest BCUT2D eigenvalue weighted by Gasteiger charge is -2.31. The number of nitro benzene ring substituents is 2. The molecule has 0 saturated carbocycles. The first-order chi connectivity index (χ1) is 22.2. The van der Waals surface area contributed by atoms with Crippen molar-refractivity contribution in [1.82, 2.24) is 18.4 Å². The Kier molecular flexibility index (Phi) is 11.9. The van der Waals surface area contributed by atoms with Gasteiger partial charge in [0.2, 0.25) is 20.0 Å². The fourth-order valence-corrected chi connectivity index (χ4v) is 7.99. The van der Waals surface area contributed by atoms with E-state index in [4.69, 9.17) is 11.6 Å². The zero-order valence-corrected chi connectivity index (χ0v) is 28.2. The van der Waals surface area contributed by atoms with Crippen molar-refractivity contribution in [2.24, 2.45) is 0 Å². The number of hydrogen-bond donors (Lipinski definition) is 1. The number of benzene rings is 3. The molecule has 5 rings (SSSR count). The van der Waals surface area contributed by atoms with Crippen LogP contribution in [-0.2, 0) is 26.6 Å². The molecule has 2 heterocycles. The second-order valence-corrected chi connectivity index (χ2v) is 15.3. The second kappa shape index (κ2) is 15.5. The van der Waals surface area contributed by atoms with Crippen molar-refractivity contribution in [2.75, 3.05) is 71.8 Å². The van der Waals surface area contributed by atoms with Crippen molar-refractivity contribution in [3.8, 4) is 0 Å². The van der Waals surface area contributed by atoms with Crippen LogP contribution in [0.2, 0.25) is 5.02 Å². The van der Waals surface area contributed by atoms with Gasteiger partial charge in [0, 0.05) is 71.0 Å². The Morgan fingerprint density at radius 3 is 1.60 bits per heavy atom. The molecule has 0 radical (unpaired) electrons. The molecule has 2 fully saturated rings. The van der Waals surface area contributed by atoms with E-state index >= 15 is 0 Å². The molecule has 15 nitrogen and oxygen atoms in total. The van der Waals surface area contributed by atoms with Crippen LogP contribution in [0.25, 0.3) is 0 Å².